The molecule has 0 spiro atoms. The standard InChI is InChI=1S/C22H34O6/c1-13-8-6-10-14(2)19(24)20-17(15(3)21(25)26)12-18(27-16(4)23)22(5,28-20)11-7-9-13/h9,14,17-20,24H,3,6-8,10-12H2,1-2,4-5H3,(H,25,26)/b13-9+/t14-,17-,18+,19-,20+,22-/m0/s1. The summed E-state index contributed by atoms with van der Waals surface area (Å²) in [6.45, 7) is 11.0. The van der Waals surface area contributed by atoms with Crippen molar-refractivity contribution in [2.24, 2.45) is 11.8 Å². The molecule has 0 amide bonds. The SMILES string of the molecule is C=C(C(=O)O)[C@@H]1C[C@@H](OC(C)=O)[C@]2(C)CC/C=C(\C)CCC[C@H](C)[C@H](O)[C@@H]1O2. The van der Waals surface area contributed by atoms with Crippen LogP contribution in [0.2, 0.25) is 0 Å². The van der Waals surface area contributed by atoms with Crippen LogP contribution >= 0.6 is 0 Å². The molecule has 1 fully saturated rings. The first kappa shape index (κ1) is 22.6. The van der Waals surface area contributed by atoms with E-state index in [1.807, 2.05) is 13.8 Å². The molecule has 0 aromatic rings. The Bertz CT molecular complexity index is 639. The van der Waals surface area contributed by atoms with Crippen LogP contribution in [0.15, 0.2) is 23.8 Å². The number of allylic oxidation sites excluding steroid dienone is 2. The highest BCUT2D eigenvalue weighted by molar-refractivity contribution is 5.86. The van der Waals surface area contributed by atoms with Crippen LogP contribution in [0, 0.1) is 11.8 Å². The van der Waals surface area contributed by atoms with E-state index in [4.69, 9.17) is 9.47 Å². The van der Waals surface area contributed by atoms with E-state index in [1.54, 1.807) is 0 Å². The first-order chi connectivity index (χ1) is 13.0. The predicted molar refractivity (Wildman–Crippen MR) is 106 cm³/mol. The Kier molecular flexibility index (Phi) is 7.46. The maximum absolute atomic E-state index is 11.7. The lowest BCUT2D eigenvalue weighted by Crippen LogP contribution is -2.58. The van der Waals surface area contributed by atoms with E-state index in [0.717, 1.165) is 25.7 Å². The van der Waals surface area contributed by atoms with Crippen LogP contribution in [0.25, 0.3) is 0 Å². The average Bonchev–Trinajstić information content (AvgIpc) is 2.60. The Labute approximate surface area is 167 Å². The Morgan fingerprint density at radius 1 is 1.39 bits per heavy atom. The smallest absolute Gasteiger partial charge is 0.331 e. The van der Waals surface area contributed by atoms with Crippen molar-refractivity contribution in [3.8, 4) is 0 Å². The Balaban J connectivity index is 2.44. The quantitative estimate of drug-likeness (QED) is 0.431. The molecule has 0 aromatic heterocycles. The highest BCUT2D eigenvalue weighted by Gasteiger charge is 2.51. The number of ether oxygens (including phenoxy) is 2. The van der Waals surface area contributed by atoms with Crippen LogP contribution in [0.3, 0.4) is 0 Å². The number of carboxylic acids is 1. The first-order valence-corrected chi connectivity index (χ1v) is 10.2. The van der Waals surface area contributed by atoms with E-state index in [0.29, 0.717) is 6.42 Å². The van der Waals surface area contributed by atoms with Crippen LogP contribution in [-0.4, -0.2) is 46.1 Å². The summed E-state index contributed by atoms with van der Waals surface area (Å²) < 4.78 is 11.9. The van der Waals surface area contributed by atoms with E-state index in [2.05, 4.69) is 19.6 Å². The second-order valence-electron chi connectivity index (χ2n) is 8.62. The molecule has 2 bridgehead atoms. The molecule has 0 radical (unpaired) electrons. The third kappa shape index (κ3) is 5.23. The molecule has 6 heteroatoms. The molecule has 1 saturated heterocycles. The Morgan fingerprint density at radius 2 is 2.07 bits per heavy atom. The maximum atomic E-state index is 11.7. The summed E-state index contributed by atoms with van der Waals surface area (Å²) in [4.78, 5) is 23.3. The third-order valence-corrected chi connectivity index (χ3v) is 6.27. The van der Waals surface area contributed by atoms with E-state index in [9.17, 15) is 19.8 Å². The zero-order chi connectivity index (χ0) is 21.1. The molecule has 0 unspecified atom stereocenters. The van der Waals surface area contributed by atoms with Crippen molar-refractivity contribution in [3.05, 3.63) is 23.8 Å². The second-order valence-corrected chi connectivity index (χ2v) is 8.62. The number of carboxylic acid groups (broad SMARTS) is 1. The van der Waals surface area contributed by atoms with Crippen molar-refractivity contribution in [1.29, 1.82) is 0 Å². The van der Waals surface area contributed by atoms with Gasteiger partial charge in [-0.25, -0.2) is 4.79 Å². The van der Waals surface area contributed by atoms with Crippen molar-refractivity contribution in [2.75, 3.05) is 0 Å². The topological polar surface area (TPSA) is 93.1 Å². The normalized spacial score (nSPS) is 38.9. The number of carbonyl (C=O) groups is 2. The number of aliphatic hydroxyl groups is 1. The number of esters is 1. The number of rotatable bonds is 3. The molecule has 6 nitrogen and oxygen atoms in total. The molecule has 2 rings (SSSR count). The van der Waals surface area contributed by atoms with Crippen molar-refractivity contribution < 1.29 is 29.3 Å². The zero-order valence-electron chi connectivity index (χ0n) is 17.4. The molecule has 2 aliphatic rings. The van der Waals surface area contributed by atoms with Gasteiger partial charge in [0, 0.05) is 18.4 Å². The van der Waals surface area contributed by atoms with Crippen molar-refractivity contribution >= 4 is 11.9 Å². The highest BCUT2D eigenvalue weighted by atomic mass is 16.6. The largest absolute Gasteiger partial charge is 0.478 e. The molecular formula is C22H34O6. The lowest BCUT2D eigenvalue weighted by molar-refractivity contribution is -0.237. The van der Waals surface area contributed by atoms with Crippen LogP contribution in [0.5, 0.6) is 0 Å². The van der Waals surface area contributed by atoms with Gasteiger partial charge in [-0.15, -0.1) is 0 Å². The molecule has 158 valence electrons. The number of aliphatic carboxylic acids is 1. The predicted octanol–water partition coefficient (Wildman–Crippen LogP) is 3.63. The lowest BCUT2D eigenvalue weighted by atomic mass is 9.74. The minimum Gasteiger partial charge on any atom is -0.478 e. The highest BCUT2D eigenvalue weighted by Crippen LogP contribution is 2.43. The number of hydrogen-bond acceptors (Lipinski definition) is 5. The van der Waals surface area contributed by atoms with Crippen molar-refractivity contribution in [1.82, 2.24) is 0 Å². The number of aliphatic hydroxyl groups excluding tert-OH is 1. The fraction of sp³-hybridized carbons (Fsp3) is 0.727. The summed E-state index contributed by atoms with van der Waals surface area (Å²) in [5, 5.41) is 20.5. The molecule has 6 atom stereocenters. The van der Waals surface area contributed by atoms with Gasteiger partial charge in [-0.3, -0.25) is 4.79 Å². The van der Waals surface area contributed by atoms with E-state index in [1.165, 1.54) is 12.5 Å². The second kappa shape index (κ2) is 9.23. The maximum Gasteiger partial charge on any atom is 0.331 e. The summed E-state index contributed by atoms with van der Waals surface area (Å²) in [7, 11) is 0. The number of fused-ring (bicyclic) bond motifs is 2. The molecule has 2 heterocycles. The molecule has 28 heavy (non-hydrogen) atoms. The number of hydrogen-bond donors (Lipinski definition) is 2. The van der Waals surface area contributed by atoms with Gasteiger partial charge in [0.2, 0.25) is 0 Å². The van der Waals surface area contributed by atoms with Gasteiger partial charge in [0.15, 0.2) is 0 Å². The van der Waals surface area contributed by atoms with Crippen molar-refractivity contribution in [3.63, 3.8) is 0 Å². The summed E-state index contributed by atoms with van der Waals surface area (Å²) in [5.74, 6) is -2.22. The van der Waals surface area contributed by atoms with Crippen LogP contribution < -0.4 is 0 Å². The summed E-state index contributed by atoms with van der Waals surface area (Å²) in [5.41, 5.74) is 0.486. The van der Waals surface area contributed by atoms with Gasteiger partial charge in [0.25, 0.3) is 0 Å². The van der Waals surface area contributed by atoms with Crippen LogP contribution in [0.1, 0.15) is 66.2 Å². The van der Waals surface area contributed by atoms with Gasteiger partial charge in [-0.2, -0.15) is 0 Å². The van der Waals surface area contributed by atoms with Gasteiger partial charge < -0.3 is 19.7 Å². The zero-order valence-corrected chi connectivity index (χ0v) is 17.4. The molecule has 2 N–H and O–H groups in total. The minimum atomic E-state index is -1.12. The fourth-order valence-corrected chi connectivity index (χ4v) is 4.39. The molecule has 0 saturated carbocycles. The summed E-state index contributed by atoms with van der Waals surface area (Å²) >= 11 is 0. The monoisotopic (exact) mass is 394 g/mol. The minimum absolute atomic E-state index is 0.0155. The van der Waals surface area contributed by atoms with Gasteiger partial charge in [0.05, 0.1) is 12.2 Å². The van der Waals surface area contributed by atoms with Crippen LogP contribution in [0.4, 0.5) is 0 Å². The molecule has 2 aliphatic heterocycles. The average molecular weight is 395 g/mol. The first-order valence-electron chi connectivity index (χ1n) is 10.2. The van der Waals surface area contributed by atoms with Crippen LogP contribution in [-0.2, 0) is 19.1 Å². The summed E-state index contributed by atoms with van der Waals surface area (Å²) in [6, 6.07) is 0. The van der Waals surface area contributed by atoms with E-state index >= 15 is 0 Å². The Hall–Kier alpha value is -1.66. The van der Waals surface area contributed by atoms with Gasteiger partial charge in [-0.05, 0) is 58.3 Å². The lowest BCUT2D eigenvalue weighted by Gasteiger charge is -2.49. The Morgan fingerprint density at radius 3 is 2.68 bits per heavy atom. The fourth-order valence-electron chi connectivity index (χ4n) is 4.39. The molecule has 0 aromatic carbocycles. The van der Waals surface area contributed by atoms with Crippen molar-refractivity contribution in [2.45, 2.75) is 90.1 Å². The number of carbonyl (C=O) groups excluding carboxylic acids is 1. The third-order valence-electron chi connectivity index (χ3n) is 6.27. The molecule has 0 aliphatic carbocycles. The molecular weight excluding hydrogens is 360 g/mol. The van der Waals surface area contributed by atoms with Gasteiger partial charge >= 0.3 is 11.9 Å². The summed E-state index contributed by atoms with van der Waals surface area (Å²) in [6.07, 6.45) is 4.50. The van der Waals surface area contributed by atoms with E-state index < -0.39 is 41.8 Å². The van der Waals surface area contributed by atoms with E-state index in [-0.39, 0.29) is 17.9 Å². The van der Waals surface area contributed by atoms with Gasteiger partial charge in [0.1, 0.15) is 11.7 Å². The van der Waals surface area contributed by atoms with Gasteiger partial charge in [-0.1, -0.05) is 25.2 Å².